The lowest BCUT2D eigenvalue weighted by molar-refractivity contribution is 0.190. The fourth-order valence-electron chi connectivity index (χ4n) is 1.50. The Labute approximate surface area is 113 Å². The summed E-state index contributed by atoms with van der Waals surface area (Å²) in [5.74, 6) is 0. The number of nitrogens with two attached hydrogens (primary N) is 1. The smallest absolute Gasteiger partial charge is 0.394 e. The highest BCUT2D eigenvalue weighted by molar-refractivity contribution is 7.79. The van der Waals surface area contributed by atoms with Crippen molar-refractivity contribution in [3.8, 4) is 0 Å². The molecule has 0 aliphatic carbocycles. The van der Waals surface area contributed by atoms with Crippen LogP contribution in [0.15, 0.2) is 18.2 Å². The maximum absolute atomic E-state index is 9.52. The lowest BCUT2D eigenvalue weighted by atomic mass is 10.1. The number of rotatable bonds is 3. The molecule has 0 aromatic heterocycles. The minimum atomic E-state index is -4.67. The molecule has 8 heteroatoms. The van der Waals surface area contributed by atoms with Crippen molar-refractivity contribution in [1.82, 2.24) is 0 Å². The van der Waals surface area contributed by atoms with Gasteiger partial charge in [-0.1, -0.05) is 0 Å². The van der Waals surface area contributed by atoms with E-state index in [1.165, 1.54) is 0 Å². The molecule has 1 rings (SSSR count). The predicted octanol–water partition coefficient (Wildman–Crippen LogP) is 1.09. The SMILES string of the molecule is CCN(c1ccc(N)c(C)c1)[C@@H](C)O.O=S(=O)(O)O. The van der Waals surface area contributed by atoms with Gasteiger partial charge in [-0.3, -0.25) is 9.11 Å². The molecule has 19 heavy (non-hydrogen) atoms. The molecule has 0 aliphatic heterocycles. The van der Waals surface area contributed by atoms with Crippen LogP contribution >= 0.6 is 0 Å². The average Bonchev–Trinajstić information content (AvgIpc) is 2.21. The van der Waals surface area contributed by atoms with E-state index in [0.717, 1.165) is 23.5 Å². The van der Waals surface area contributed by atoms with Crippen LogP contribution in [0.5, 0.6) is 0 Å². The van der Waals surface area contributed by atoms with Crippen LogP contribution in [0.25, 0.3) is 0 Å². The van der Waals surface area contributed by atoms with Gasteiger partial charge in [0.2, 0.25) is 0 Å². The van der Waals surface area contributed by atoms with Gasteiger partial charge in [0.1, 0.15) is 6.23 Å². The highest BCUT2D eigenvalue weighted by Gasteiger charge is 2.09. The zero-order valence-corrected chi connectivity index (χ0v) is 11.9. The van der Waals surface area contributed by atoms with Crippen molar-refractivity contribution in [1.29, 1.82) is 0 Å². The van der Waals surface area contributed by atoms with Crippen LogP contribution in [-0.4, -0.2) is 35.4 Å². The van der Waals surface area contributed by atoms with E-state index in [4.69, 9.17) is 23.3 Å². The van der Waals surface area contributed by atoms with Gasteiger partial charge in [-0.25, -0.2) is 0 Å². The van der Waals surface area contributed by atoms with Crippen molar-refractivity contribution in [3.63, 3.8) is 0 Å². The molecule has 0 saturated heterocycles. The lowest BCUT2D eigenvalue weighted by Crippen LogP contribution is -2.32. The summed E-state index contributed by atoms with van der Waals surface area (Å²) < 4.78 is 31.6. The lowest BCUT2D eigenvalue weighted by Gasteiger charge is -2.26. The summed E-state index contributed by atoms with van der Waals surface area (Å²) in [6.45, 7) is 6.52. The molecule has 5 N–H and O–H groups in total. The summed E-state index contributed by atoms with van der Waals surface area (Å²) in [5, 5.41) is 9.52. The number of hydrogen-bond donors (Lipinski definition) is 4. The van der Waals surface area contributed by atoms with Crippen LogP contribution in [0.3, 0.4) is 0 Å². The Morgan fingerprint density at radius 2 is 1.84 bits per heavy atom. The van der Waals surface area contributed by atoms with Gasteiger partial charge in [0.05, 0.1) is 0 Å². The fourth-order valence-corrected chi connectivity index (χ4v) is 1.50. The zero-order valence-electron chi connectivity index (χ0n) is 11.1. The Morgan fingerprint density at radius 3 is 2.16 bits per heavy atom. The zero-order chi connectivity index (χ0) is 15.2. The van der Waals surface area contributed by atoms with Gasteiger partial charge >= 0.3 is 10.4 Å². The topological polar surface area (TPSA) is 124 Å². The van der Waals surface area contributed by atoms with Crippen LogP contribution in [0, 0.1) is 6.92 Å². The van der Waals surface area contributed by atoms with E-state index in [1.54, 1.807) is 6.92 Å². The number of benzene rings is 1. The van der Waals surface area contributed by atoms with E-state index in [0.29, 0.717) is 0 Å². The summed E-state index contributed by atoms with van der Waals surface area (Å²) in [6, 6.07) is 5.79. The average molecular weight is 292 g/mol. The second-order valence-corrected chi connectivity index (χ2v) is 4.80. The van der Waals surface area contributed by atoms with Crippen molar-refractivity contribution in [2.45, 2.75) is 27.0 Å². The molecule has 0 heterocycles. The Kier molecular flexibility index (Phi) is 6.77. The number of aliphatic hydroxyl groups is 1. The molecule has 0 unspecified atom stereocenters. The molecular weight excluding hydrogens is 272 g/mol. The summed E-state index contributed by atoms with van der Waals surface area (Å²) in [5.41, 5.74) is 8.56. The number of nitrogens with zero attached hydrogens (tertiary/aromatic N) is 1. The largest absolute Gasteiger partial charge is 0.399 e. The fraction of sp³-hybridized carbons (Fsp3) is 0.455. The maximum atomic E-state index is 9.52. The van der Waals surface area contributed by atoms with Crippen LogP contribution in [0.2, 0.25) is 0 Å². The third kappa shape index (κ3) is 7.62. The van der Waals surface area contributed by atoms with E-state index in [-0.39, 0.29) is 0 Å². The molecule has 0 bridgehead atoms. The van der Waals surface area contributed by atoms with Crippen LogP contribution < -0.4 is 10.6 Å². The Morgan fingerprint density at radius 1 is 1.37 bits per heavy atom. The number of aliphatic hydroxyl groups excluding tert-OH is 1. The molecule has 1 atom stereocenters. The maximum Gasteiger partial charge on any atom is 0.394 e. The number of hydrogen-bond acceptors (Lipinski definition) is 5. The van der Waals surface area contributed by atoms with Crippen molar-refractivity contribution in [2.75, 3.05) is 17.2 Å². The van der Waals surface area contributed by atoms with Crippen LogP contribution in [0.4, 0.5) is 11.4 Å². The van der Waals surface area contributed by atoms with Crippen molar-refractivity contribution < 1.29 is 22.6 Å². The summed E-state index contributed by atoms with van der Waals surface area (Å²) in [4.78, 5) is 1.91. The summed E-state index contributed by atoms with van der Waals surface area (Å²) >= 11 is 0. The van der Waals surface area contributed by atoms with Gasteiger partial charge in [-0.15, -0.1) is 0 Å². The molecular formula is C11H20N2O5S. The minimum absolute atomic E-state index is 0.469. The highest BCUT2D eigenvalue weighted by Crippen LogP contribution is 2.21. The minimum Gasteiger partial charge on any atom is -0.399 e. The summed E-state index contributed by atoms with van der Waals surface area (Å²) in [6.07, 6.45) is -0.469. The standard InChI is InChI=1S/C11H18N2O.H2O4S/c1-4-13(9(3)14)10-5-6-11(12)8(2)7-10;1-5(2,3)4/h5-7,9,14H,4,12H2,1-3H3;(H2,1,2,3,4)/t9-;/m1./s1. The van der Waals surface area contributed by atoms with Crippen LogP contribution in [0.1, 0.15) is 19.4 Å². The first-order chi connectivity index (χ1) is 8.56. The number of anilines is 2. The Balaban J connectivity index is 0.000000555. The second-order valence-electron chi connectivity index (χ2n) is 3.91. The van der Waals surface area contributed by atoms with Gasteiger partial charge in [0.25, 0.3) is 0 Å². The third-order valence-electron chi connectivity index (χ3n) is 2.38. The molecule has 0 radical (unpaired) electrons. The first-order valence-electron chi connectivity index (χ1n) is 5.57. The molecule has 1 aromatic rings. The molecule has 0 amide bonds. The predicted molar refractivity (Wildman–Crippen MR) is 74.5 cm³/mol. The molecule has 1 aromatic carbocycles. The van der Waals surface area contributed by atoms with Gasteiger partial charge < -0.3 is 15.7 Å². The first kappa shape index (κ1) is 17.6. The molecule has 0 aliphatic rings. The quantitative estimate of drug-likeness (QED) is 0.373. The van der Waals surface area contributed by atoms with Gasteiger partial charge in [-0.05, 0) is 44.5 Å². The van der Waals surface area contributed by atoms with Crippen molar-refractivity contribution >= 4 is 21.8 Å². The molecule has 7 nitrogen and oxygen atoms in total. The monoisotopic (exact) mass is 292 g/mol. The normalized spacial score (nSPS) is 12.3. The van der Waals surface area contributed by atoms with E-state index in [2.05, 4.69) is 0 Å². The van der Waals surface area contributed by atoms with E-state index >= 15 is 0 Å². The van der Waals surface area contributed by atoms with Crippen LogP contribution in [-0.2, 0) is 10.4 Å². The molecule has 0 spiro atoms. The molecule has 0 fully saturated rings. The molecule has 110 valence electrons. The number of nitrogen functional groups attached to an aromatic ring is 1. The van der Waals surface area contributed by atoms with Gasteiger partial charge in [0.15, 0.2) is 0 Å². The van der Waals surface area contributed by atoms with E-state index in [1.807, 2.05) is 36.9 Å². The second kappa shape index (κ2) is 7.29. The van der Waals surface area contributed by atoms with Crippen molar-refractivity contribution in [2.24, 2.45) is 0 Å². The summed E-state index contributed by atoms with van der Waals surface area (Å²) in [7, 11) is -4.67. The van der Waals surface area contributed by atoms with E-state index < -0.39 is 16.6 Å². The van der Waals surface area contributed by atoms with E-state index in [9.17, 15) is 5.11 Å². The first-order valence-corrected chi connectivity index (χ1v) is 6.96. The Bertz CT molecular complexity index is 494. The van der Waals surface area contributed by atoms with Gasteiger partial charge in [0, 0.05) is 17.9 Å². The number of aryl methyl sites for hydroxylation is 1. The third-order valence-corrected chi connectivity index (χ3v) is 2.38. The molecule has 0 saturated carbocycles. The Hall–Kier alpha value is -1.35. The van der Waals surface area contributed by atoms with Gasteiger partial charge in [-0.2, -0.15) is 8.42 Å². The van der Waals surface area contributed by atoms with Crippen molar-refractivity contribution in [3.05, 3.63) is 23.8 Å². The highest BCUT2D eigenvalue weighted by atomic mass is 32.3.